The Hall–Kier alpha value is -2.70. The quantitative estimate of drug-likeness (QED) is 0.628. The highest BCUT2D eigenvalue weighted by molar-refractivity contribution is 6.03. The first-order chi connectivity index (χ1) is 13.4. The van der Waals surface area contributed by atoms with E-state index >= 15 is 0 Å². The van der Waals surface area contributed by atoms with Gasteiger partial charge in [0, 0.05) is 23.3 Å². The van der Waals surface area contributed by atoms with Crippen LogP contribution in [0.25, 0.3) is 0 Å². The molecule has 0 spiro atoms. The molecule has 29 heavy (non-hydrogen) atoms. The van der Waals surface area contributed by atoms with Gasteiger partial charge >= 0.3 is 6.18 Å². The van der Waals surface area contributed by atoms with E-state index < -0.39 is 23.0 Å². The van der Waals surface area contributed by atoms with Crippen molar-refractivity contribution in [3.63, 3.8) is 0 Å². The summed E-state index contributed by atoms with van der Waals surface area (Å²) in [5.74, 6) is -1.75. The topological polar surface area (TPSA) is 42.0 Å². The number of ketones is 1. The first-order valence-corrected chi connectivity index (χ1v) is 9.31. The van der Waals surface area contributed by atoms with E-state index in [0.29, 0.717) is 23.9 Å². The molecule has 0 bridgehead atoms. The summed E-state index contributed by atoms with van der Waals surface area (Å²) in [7, 11) is 0. The Balaban J connectivity index is 2.12. The summed E-state index contributed by atoms with van der Waals surface area (Å²) in [6.07, 6.45) is -3.67. The fourth-order valence-corrected chi connectivity index (χ4v) is 4.68. The van der Waals surface area contributed by atoms with E-state index in [4.69, 9.17) is 0 Å². The molecule has 0 saturated heterocycles. The van der Waals surface area contributed by atoms with Crippen LogP contribution < -0.4 is 5.32 Å². The monoisotopic (exact) mass is 404 g/mol. The van der Waals surface area contributed by atoms with Gasteiger partial charge in [-0.25, -0.2) is 9.37 Å². The Morgan fingerprint density at radius 1 is 1.07 bits per heavy atom. The lowest BCUT2D eigenvalue weighted by Crippen LogP contribution is -2.43. The van der Waals surface area contributed by atoms with Crippen LogP contribution in [0.15, 0.2) is 47.8 Å². The SMILES string of the molecule is CC1(C)CC(=O)C2=C(C1)Nc1ncc(F)c(C(F)(F)F)c1[C@@]2(C)c1ccccc1. The van der Waals surface area contributed by atoms with Crippen LogP contribution in [0.4, 0.5) is 23.4 Å². The fourth-order valence-electron chi connectivity index (χ4n) is 4.68. The Morgan fingerprint density at radius 3 is 2.34 bits per heavy atom. The van der Waals surface area contributed by atoms with Crippen molar-refractivity contribution in [2.24, 2.45) is 5.41 Å². The molecule has 1 aromatic carbocycles. The first kappa shape index (κ1) is 19.6. The van der Waals surface area contributed by atoms with Gasteiger partial charge in [0.15, 0.2) is 11.6 Å². The highest BCUT2D eigenvalue weighted by Crippen LogP contribution is 2.55. The molecule has 152 valence electrons. The number of carbonyl (C=O) groups excluding carboxylic acids is 1. The predicted molar refractivity (Wildman–Crippen MR) is 101 cm³/mol. The molecule has 0 radical (unpaired) electrons. The van der Waals surface area contributed by atoms with Crippen molar-refractivity contribution in [3.8, 4) is 0 Å². The molecule has 1 aromatic heterocycles. The molecule has 1 aliphatic heterocycles. The second-order valence-corrected chi connectivity index (χ2v) is 8.61. The van der Waals surface area contributed by atoms with Gasteiger partial charge in [0.2, 0.25) is 0 Å². The van der Waals surface area contributed by atoms with Crippen LogP contribution in [0.5, 0.6) is 0 Å². The summed E-state index contributed by atoms with van der Waals surface area (Å²) < 4.78 is 56.3. The molecule has 2 aliphatic rings. The molecule has 1 N–H and O–H groups in total. The van der Waals surface area contributed by atoms with Crippen molar-refractivity contribution >= 4 is 11.6 Å². The number of allylic oxidation sites excluding steroid dienone is 2. The molecule has 1 atom stereocenters. The molecule has 0 saturated carbocycles. The molecule has 7 heteroatoms. The lowest BCUT2D eigenvalue weighted by Gasteiger charge is -2.45. The number of alkyl halides is 3. The van der Waals surface area contributed by atoms with Crippen molar-refractivity contribution in [1.29, 1.82) is 0 Å². The minimum atomic E-state index is -4.94. The molecule has 3 nitrogen and oxygen atoms in total. The van der Waals surface area contributed by atoms with Crippen LogP contribution in [0.1, 0.15) is 50.3 Å². The van der Waals surface area contributed by atoms with Gasteiger partial charge in [-0.3, -0.25) is 4.79 Å². The maximum Gasteiger partial charge on any atom is 0.419 e. The first-order valence-electron chi connectivity index (χ1n) is 9.31. The maximum atomic E-state index is 14.5. The molecular weight excluding hydrogens is 384 g/mol. The number of hydrogen-bond donors (Lipinski definition) is 1. The molecular formula is C22H20F4N2O. The van der Waals surface area contributed by atoms with E-state index in [-0.39, 0.29) is 34.6 Å². The fraction of sp³-hybridized carbons (Fsp3) is 0.364. The smallest absolute Gasteiger partial charge is 0.343 e. The highest BCUT2D eigenvalue weighted by Gasteiger charge is 2.52. The van der Waals surface area contributed by atoms with Crippen molar-refractivity contribution < 1.29 is 22.4 Å². The minimum Gasteiger partial charge on any atom is -0.343 e. The molecule has 1 aliphatic carbocycles. The normalized spacial score (nSPS) is 23.3. The summed E-state index contributed by atoms with van der Waals surface area (Å²) in [6.45, 7) is 5.43. The second-order valence-electron chi connectivity index (χ2n) is 8.61. The van der Waals surface area contributed by atoms with Gasteiger partial charge in [-0.05, 0) is 24.3 Å². The Labute approximate surface area is 165 Å². The molecule has 0 amide bonds. The van der Waals surface area contributed by atoms with Gasteiger partial charge in [0.25, 0.3) is 0 Å². The number of benzene rings is 1. The number of pyridine rings is 1. The van der Waals surface area contributed by atoms with Crippen molar-refractivity contribution in [3.05, 3.63) is 70.3 Å². The average Bonchev–Trinajstić information content (AvgIpc) is 2.60. The Morgan fingerprint density at radius 2 is 1.72 bits per heavy atom. The van der Waals surface area contributed by atoms with Crippen LogP contribution in [-0.4, -0.2) is 10.8 Å². The molecule has 4 rings (SSSR count). The zero-order chi connectivity index (χ0) is 21.2. The lowest BCUT2D eigenvalue weighted by atomic mass is 9.61. The van der Waals surface area contributed by atoms with E-state index in [1.165, 1.54) is 0 Å². The predicted octanol–water partition coefficient (Wildman–Crippen LogP) is 5.61. The number of aromatic nitrogens is 1. The summed E-state index contributed by atoms with van der Waals surface area (Å²) in [6, 6.07) is 8.46. The molecule has 0 fully saturated rings. The summed E-state index contributed by atoms with van der Waals surface area (Å²) >= 11 is 0. The number of nitrogens with one attached hydrogen (secondary N) is 1. The number of nitrogens with zero attached hydrogens (tertiary/aromatic N) is 1. The van der Waals surface area contributed by atoms with E-state index in [1.807, 2.05) is 13.8 Å². The van der Waals surface area contributed by atoms with Crippen molar-refractivity contribution in [1.82, 2.24) is 4.98 Å². The van der Waals surface area contributed by atoms with Gasteiger partial charge in [0.1, 0.15) is 11.4 Å². The third-order valence-corrected chi connectivity index (χ3v) is 5.81. The standard InChI is InChI=1S/C22H20F4N2O/c1-20(2)9-14-17(15(29)10-20)21(3,12-7-5-4-6-8-12)18-16(22(24,25)26)13(23)11-27-19(18)28-14/h4-8,11H,9-10H2,1-3H3,(H,27,28)/t21-/m0/s1. The molecule has 2 aromatic rings. The molecule has 0 unspecified atom stereocenters. The van der Waals surface area contributed by atoms with Crippen LogP contribution in [0, 0.1) is 11.2 Å². The van der Waals surface area contributed by atoms with Gasteiger partial charge in [-0.1, -0.05) is 44.2 Å². The van der Waals surface area contributed by atoms with E-state index in [9.17, 15) is 22.4 Å². The van der Waals surface area contributed by atoms with Crippen LogP contribution in [-0.2, 0) is 16.4 Å². The van der Waals surface area contributed by atoms with Crippen LogP contribution in [0.2, 0.25) is 0 Å². The van der Waals surface area contributed by atoms with E-state index in [2.05, 4.69) is 10.3 Å². The van der Waals surface area contributed by atoms with E-state index in [1.54, 1.807) is 37.3 Å². The minimum absolute atomic E-state index is 0.0608. The van der Waals surface area contributed by atoms with Crippen molar-refractivity contribution in [2.45, 2.75) is 45.2 Å². The zero-order valence-electron chi connectivity index (χ0n) is 16.2. The van der Waals surface area contributed by atoms with Crippen molar-refractivity contribution in [2.75, 3.05) is 5.32 Å². The number of carbonyl (C=O) groups is 1. The average molecular weight is 404 g/mol. The molecule has 2 heterocycles. The second kappa shape index (κ2) is 6.15. The van der Waals surface area contributed by atoms with Gasteiger partial charge in [-0.2, -0.15) is 13.2 Å². The highest BCUT2D eigenvalue weighted by atomic mass is 19.4. The number of hydrogen-bond acceptors (Lipinski definition) is 3. The third kappa shape index (κ3) is 2.94. The Kier molecular flexibility index (Phi) is 4.16. The Bertz CT molecular complexity index is 1040. The van der Waals surface area contributed by atoms with Gasteiger partial charge in [-0.15, -0.1) is 0 Å². The number of rotatable bonds is 1. The van der Waals surface area contributed by atoms with Gasteiger partial charge < -0.3 is 5.32 Å². The number of anilines is 1. The summed E-state index contributed by atoms with van der Waals surface area (Å²) in [5, 5.41) is 2.93. The lowest BCUT2D eigenvalue weighted by molar-refractivity contribution is -0.141. The zero-order valence-corrected chi connectivity index (χ0v) is 16.2. The summed E-state index contributed by atoms with van der Waals surface area (Å²) in [4.78, 5) is 17.1. The maximum absolute atomic E-state index is 14.5. The summed E-state index contributed by atoms with van der Waals surface area (Å²) in [5.41, 5.74) is -2.25. The number of Topliss-reactive ketones (excluding diaryl/α,β-unsaturated/α-hetero) is 1. The van der Waals surface area contributed by atoms with Gasteiger partial charge in [0.05, 0.1) is 11.6 Å². The van der Waals surface area contributed by atoms with Crippen LogP contribution in [0.3, 0.4) is 0 Å². The van der Waals surface area contributed by atoms with Crippen LogP contribution >= 0.6 is 0 Å². The van der Waals surface area contributed by atoms with E-state index in [0.717, 1.165) is 0 Å². The third-order valence-electron chi connectivity index (χ3n) is 5.81. The number of halogens is 4. The number of fused-ring (bicyclic) bond motifs is 1. The largest absolute Gasteiger partial charge is 0.419 e.